The van der Waals surface area contributed by atoms with Crippen LogP contribution in [-0.4, -0.2) is 20.0 Å². The first-order valence-electron chi connectivity index (χ1n) is 5.14. The Balaban J connectivity index is 2.75. The second kappa shape index (κ2) is 7.02. The van der Waals surface area contributed by atoms with Crippen molar-refractivity contribution in [1.29, 1.82) is 5.26 Å². The predicted molar refractivity (Wildman–Crippen MR) is 65.9 cm³/mol. The van der Waals surface area contributed by atoms with E-state index >= 15 is 0 Å². The van der Waals surface area contributed by atoms with E-state index in [9.17, 15) is 4.39 Å². The third-order valence-electron chi connectivity index (χ3n) is 2.31. The molecule has 92 valence electrons. The van der Waals surface area contributed by atoms with Gasteiger partial charge in [0.15, 0.2) is 11.5 Å². The average Bonchev–Trinajstić information content (AvgIpc) is 2.35. The molecule has 0 fully saturated rings. The fourth-order valence-electron chi connectivity index (χ4n) is 1.47. The van der Waals surface area contributed by atoms with Crippen LogP contribution < -0.4 is 9.47 Å². The summed E-state index contributed by atoms with van der Waals surface area (Å²) in [6.07, 6.45) is 1.34. The number of nitriles is 1. The average molecular weight is 255 g/mol. The normalized spacial score (nSPS) is 9.76. The number of benzene rings is 1. The summed E-state index contributed by atoms with van der Waals surface area (Å²) >= 11 is 1.18. The molecule has 0 saturated heterocycles. The van der Waals surface area contributed by atoms with Crippen LogP contribution in [0.1, 0.15) is 12.0 Å². The number of aryl methyl sites for hydroxylation is 1. The minimum atomic E-state index is -0.301. The van der Waals surface area contributed by atoms with Gasteiger partial charge in [0.2, 0.25) is 0 Å². The Kier molecular flexibility index (Phi) is 5.64. The summed E-state index contributed by atoms with van der Waals surface area (Å²) in [5, 5.41) is 10.4. The lowest BCUT2D eigenvalue weighted by molar-refractivity contribution is 0.351. The molecule has 0 bridgehead atoms. The molecule has 1 aromatic carbocycles. The smallest absolute Gasteiger partial charge is 0.163 e. The third-order valence-corrected chi connectivity index (χ3v) is 2.93. The number of methoxy groups -OCH3 is 2. The van der Waals surface area contributed by atoms with Crippen LogP contribution in [0.15, 0.2) is 12.1 Å². The van der Waals surface area contributed by atoms with Crippen LogP contribution in [0.2, 0.25) is 0 Å². The van der Waals surface area contributed by atoms with Gasteiger partial charge in [-0.1, -0.05) is 0 Å². The van der Waals surface area contributed by atoms with E-state index in [2.05, 4.69) is 0 Å². The molecule has 3 nitrogen and oxygen atoms in total. The van der Waals surface area contributed by atoms with Gasteiger partial charge in [0.25, 0.3) is 0 Å². The van der Waals surface area contributed by atoms with Crippen molar-refractivity contribution < 1.29 is 13.9 Å². The first kappa shape index (κ1) is 13.7. The highest BCUT2D eigenvalue weighted by Gasteiger charge is 2.10. The minimum Gasteiger partial charge on any atom is -0.493 e. The lowest BCUT2D eigenvalue weighted by Gasteiger charge is -2.10. The molecule has 1 rings (SSSR count). The van der Waals surface area contributed by atoms with E-state index in [1.165, 1.54) is 32.0 Å². The van der Waals surface area contributed by atoms with E-state index in [0.29, 0.717) is 29.2 Å². The minimum absolute atomic E-state index is 0.301. The van der Waals surface area contributed by atoms with Crippen LogP contribution in [0.4, 0.5) is 4.39 Å². The molecule has 0 saturated carbocycles. The largest absolute Gasteiger partial charge is 0.493 e. The van der Waals surface area contributed by atoms with Gasteiger partial charge in [0, 0.05) is 11.8 Å². The molecule has 0 N–H and O–H groups in total. The second-order valence-corrected chi connectivity index (χ2v) is 4.22. The van der Waals surface area contributed by atoms with E-state index in [0.717, 1.165) is 6.42 Å². The predicted octanol–water partition coefficient (Wildman–Crippen LogP) is 2.99. The Bertz CT molecular complexity index is 418. The summed E-state index contributed by atoms with van der Waals surface area (Å²) in [6.45, 7) is 0. The van der Waals surface area contributed by atoms with Crippen LogP contribution in [0.3, 0.4) is 0 Å². The maximum absolute atomic E-state index is 13.7. The van der Waals surface area contributed by atoms with Gasteiger partial charge in [-0.15, -0.1) is 0 Å². The van der Waals surface area contributed by atoms with Crippen molar-refractivity contribution in [3.05, 3.63) is 23.5 Å². The molecule has 0 aliphatic rings. The molecule has 17 heavy (non-hydrogen) atoms. The maximum Gasteiger partial charge on any atom is 0.163 e. The third kappa shape index (κ3) is 3.82. The molecule has 0 atom stereocenters. The summed E-state index contributed by atoms with van der Waals surface area (Å²) in [5.74, 6) is 1.31. The molecular weight excluding hydrogens is 241 g/mol. The van der Waals surface area contributed by atoms with Crippen molar-refractivity contribution in [2.45, 2.75) is 12.8 Å². The zero-order valence-corrected chi connectivity index (χ0v) is 10.6. The van der Waals surface area contributed by atoms with E-state index in [-0.39, 0.29) is 5.82 Å². The number of thiocyanates is 1. The zero-order chi connectivity index (χ0) is 12.7. The molecule has 0 aliphatic heterocycles. The monoisotopic (exact) mass is 255 g/mol. The van der Waals surface area contributed by atoms with Crippen LogP contribution in [-0.2, 0) is 6.42 Å². The molecule has 0 aromatic heterocycles. The number of nitrogens with zero attached hydrogens (tertiary/aromatic N) is 1. The van der Waals surface area contributed by atoms with Gasteiger partial charge >= 0.3 is 0 Å². The number of thioether (sulfide) groups is 1. The van der Waals surface area contributed by atoms with Crippen molar-refractivity contribution in [2.75, 3.05) is 20.0 Å². The standard InChI is InChI=1S/C12H14FNO2S/c1-15-11-6-9(4-3-5-17-8-14)10(13)7-12(11)16-2/h6-7H,3-5H2,1-2H3. The van der Waals surface area contributed by atoms with Gasteiger partial charge < -0.3 is 9.47 Å². The zero-order valence-electron chi connectivity index (χ0n) is 9.83. The second-order valence-electron chi connectivity index (χ2n) is 3.34. The van der Waals surface area contributed by atoms with E-state index < -0.39 is 0 Å². The molecule has 5 heteroatoms. The summed E-state index contributed by atoms with van der Waals surface area (Å²) in [6, 6.07) is 2.97. The summed E-state index contributed by atoms with van der Waals surface area (Å²) in [5.41, 5.74) is 0.584. The van der Waals surface area contributed by atoms with Crippen molar-refractivity contribution in [2.24, 2.45) is 0 Å². The fourth-order valence-corrected chi connectivity index (χ4v) is 1.85. The first-order chi connectivity index (χ1) is 8.22. The van der Waals surface area contributed by atoms with Gasteiger partial charge in [-0.2, -0.15) is 5.26 Å². The van der Waals surface area contributed by atoms with Crippen LogP contribution in [0.5, 0.6) is 11.5 Å². The molecule has 0 unspecified atom stereocenters. The lowest BCUT2D eigenvalue weighted by Crippen LogP contribution is -1.97. The number of hydrogen-bond donors (Lipinski definition) is 0. The first-order valence-corrected chi connectivity index (χ1v) is 6.12. The number of rotatable bonds is 6. The highest BCUT2D eigenvalue weighted by Crippen LogP contribution is 2.30. The van der Waals surface area contributed by atoms with Gasteiger partial charge in [-0.3, -0.25) is 0 Å². The van der Waals surface area contributed by atoms with E-state index in [1.807, 2.05) is 5.40 Å². The molecule has 0 aliphatic carbocycles. The summed E-state index contributed by atoms with van der Waals surface area (Å²) in [7, 11) is 2.99. The lowest BCUT2D eigenvalue weighted by atomic mass is 10.1. The van der Waals surface area contributed by atoms with Crippen molar-refractivity contribution in [3.8, 4) is 16.9 Å². The summed E-state index contributed by atoms with van der Waals surface area (Å²) in [4.78, 5) is 0. The van der Waals surface area contributed by atoms with Gasteiger partial charge in [-0.05, 0) is 36.2 Å². The van der Waals surface area contributed by atoms with Crippen molar-refractivity contribution in [3.63, 3.8) is 0 Å². The van der Waals surface area contributed by atoms with E-state index in [1.54, 1.807) is 6.07 Å². The number of halogens is 1. The quantitative estimate of drug-likeness (QED) is 0.579. The van der Waals surface area contributed by atoms with Gasteiger partial charge in [0.1, 0.15) is 11.2 Å². The molecule has 0 heterocycles. The molecule has 0 spiro atoms. The highest BCUT2D eigenvalue weighted by molar-refractivity contribution is 8.03. The summed E-state index contributed by atoms with van der Waals surface area (Å²) < 4.78 is 23.8. The Labute approximate surface area is 105 Å². The maximum atomic E-state index is 13.7. The molecule has 0 amide bonds. The Morgan fingerprint density at radius 3 is 2.53 bits per heavy atom. The van der Waals surface area contributed by atoms with Crippen molar-refractivity contribution in [1.82, 2.24) is 0 Å². The van der Waals surface area contributed by atoms with E-state index in [4.69, 9.17) is 14.7 Å². The van der Waals surface area contributed by atoms with Gasteiger partial charge in [0.05, 0.1) is 14.2 Å². The molecule has 1 aromatic rings. The number of hydrogen-bond acceptors (Lipinski definition) is 4. The Hall–Kier alpha value is -1.41. The fraction of sp³-hybridized carbons (Fsp3) is 0.417. The SMILES string of the molecule is COc1cc(F)c(CCCSC#N)cc1OC. The van der Waals surface area contributed by atoms with Crippen molar-refractivity contribution >= 4 is 11.8 Å². The number of ether oxygens (including phenoxy) is 2. The topological polar surface area (TPSA) is 42.2 Å². The van der Waals surface area contributed by atoms with Crippen LogP contribution in [0, 0.1) is 16.5 Å². The van der Waals surface area contributed by atoms with Crippen LogP contribution >= 0.6 is 11.8 Å². The molecular formula is C12H14FNO2S. The highest BCUT2D eigenvalue weighted by atomic mass is 32.2. The Morgan fingerprint density at radius 2 is 1.94 bits per heavy atom. The Morgan fingerprint density at radius 1 is 1.29 bits per heavy atom. The van der Waals surface area contributed by atoms with Gasteiger partial charge in [-0.25, -0.2) is 4.39 Å². The molecule has 0 radical (unpaired) electrons. The van der Waals surface area contributed by atoms with Crippen LogP contribution in [0.25, 0.3) is 0 Å².